The number of thiophene rings is 1. The summed E-state index contributed by atoms with van der Waals surface area (Å²) in [5, 5.41) is 0. The van der Waals surface area contributed by atoms with Gasteiger partial charge in [0.25, 0.3) is 0 Å². The van der Waals surface area contributed by atoms with E-state index in [9.17, 15) is 0 Å². The van der Waals surface area contributed by atoms with Crippen molar-refractivity contribution < 1.29 is 4.74 Å². The van der Waals surface area contributed by atoms with Crippen molar-refractivity contribution in [3.8, 4) is 11.1 Å². The summed E-state index contributed by atoms with van der Waals surface area (Å²) in [4.78, 5) is 0. The highest BCUT2D eigenvalue weighted by atomic mass is 35.5. The van der Waals surface area contributed by atoms with Crippen LogP contribution in [-0.2, 0) is 11.3 Å². The van der Waals surface area contributed by atoms with Crippen LogP contribution in [0.3, 0.4) is 0 Å². The van der Waals surface area contributed by atoms with E-state index in [0.29, 0.717) is 15.3 Å². The van der Waals surface area contributed by atoms with E-state index in [2.05, 4.69) is 6.07 Å². The molecule has 0 aliphatic rings. The van der Waals surface area contributed by atoms with Gasteiger partial charge in [0.2, 0.25) is 0 Å². The average molecular weight is 272 g/mol. The summed E-state index contributed by atoms with van der Waals surface area (Å²) in [5.74, 6) is 0. The Labute approximate surface area is 109 Å². The van der Waals surface area contributed by atoms with Crippen molar-refractivity contribution >= 4 is 34.5 Å². The number of hydrogen-bond acceptors (Lipinski definition) is 2. The first kappa shape index (κ1) is 11.9. The monoisotopic (exact) mass is 271 g/mol. The number of halogens is 2. The van der Waals surface area contributed by atoms with Crippen LogP contribution in [0.5, 0.6) is 0 Å². The normalized spacial score (nSPS) is 10.7. The first-order valence-electron chi connectivity index (χ1n) is 4.66. The lowest BCUT2D eigenvalue weighted by Crippen LogP contribution is -1.87. The zero-order valence-corrected chi connectivity index (χ0v) is 10.9. The van der Waals surface area contributed by atoms with Gasteiger partial charge in [-0.25, -0.2) is 0 Å². The maximum atomic E-state index is 6.08. The van der Waals surface area contributed by atoms with Crippen LogP contribution in [0.4, 0.5) is 0 Å². The topological polar surface area (TPSA) is 9.23 Å². The van der Waals surface area contributed by atoms with Gasteiger partial charge in [0, 0.05) is 18.7 Å². The van der Waals surface area contributed by atoms with E-state index in [1.165, 1.54) is 11.3 Å². The molecule has 0 aliphatic carbocycles. The van der Waals surface area contributed by atoms with Gasteiger partial charge in [-0.15, -0.1) is 11.3 Å². The molecule has 0 spiro atoms. The fourth-order valence-corrected chi connectivity index (χ4v) is 2.89. The minimum Gasteiger partial charge on any atom is -0.380 e. The first-order chi connectivity index (χ1) is 7.70. The number of ether oxygens (including phenoxy) is 1. The summed E-state index contributed by atoms with van der Waals surface area (Å²) in [7, 11) is 1.67. The molecular weight excluding hydrogens is 263 g/mol. The smallest absolute Gasteiger partial charge is 0.103 e. The summed E-state index contributed by atoms with van der Waals surface area (Å²) in [6.07, 6.45) is 0. The van der Waals surface area contributed by atoms with Crippen LogP contribution in [0.1, 0.15) is 5.56 Å². The largest absolute Gasteiger partial charge is 0.380 e. The van der Waals surface area contributed by atoms with Gasteiger partial charge in [0.1, 0.15) is 8.67 Å². The summed E-state index contributed by atoms with van der Waals surface area (Å²) in [6, 6.07) is 11.0. The molecule has 0 atom stereocenters. The molecule has 0 unspecified atom stereocenters. The summed E-state index contributed by atoms with van der Waals surface area (Å²) >= 11 is 13.3. The lowest BCUT2D eigenvalue weighted by molar-refractivity contribution is 0.185. The second-order valence-electron chi connectivity index (χ2n) is 3.28. The second-order valence-corrected chi connectivity index (χ2v) is 5.51. The lowest BCUT2D eigenvalue weighted by Gasteiger charge is -2.03. The highest BCUT2D eigenvalue weighted by molar-refractivity contribution is 7.20. The van der Waals surface area contributed by atoms with Crippen LogP contribution in [0.25, 0.3) is 11.1 Å². The molecule has 1 nitrogen and oxygen atoms in total. The molecule has 1 radical (unpaired) electrons. The van der Waals surface area contributed by atoms with Crippen molar-refractivity contribution in [1.82, 2.24) is 0 Å². The van der Waals surface area contributed by atoms with Gasteiger partial charge >= 0.3 is 0 Å². The molecule has 2 rings (SSSR count). The molecule has 0 saturated heterocycles. The predicted octanol–water partition coefficient (Wildman–Crippen LogP) is 4.67. The number of rotatable bonds is 3. The van der Waals surface area contributed by atoms with Gasteiger partial charge in [0.05, 0.1) is 6.61 Å². The zero-order chi connectivity index (χ0) is 11.5. The first-order valence-corrected chi connectivity index (χ1v) is 6.23. The van der Waals surface area contributed by atoms with Gasteiger partial charge < -0.3 is 4.74 Å². The van der Waals surface area contributed by atoms with Gasteiger partial charge in [-0.2, -0.15) is 0 Å². The fourth-order valence-electron chi connectivity index (χ4n) is 1.47. The molecule has 0 saturated carbocycles. The Bertz CT molecular complexity index is 494. The standard InChI is InChI=1S/C12H9Cl2OS/c1-15-7-8-3-2-4-9(5-8)10-6-11(13)16-12(10)14/h2-5H,7H2,1H3. The zero-order valence-electron chi connectivity index (χ0n) is 8.59. The molecule has 1 heterocycles. The van der Waals surface area contributed by atoms with E-state index in [1.54, 1.807) is 7.11 Å². The molecule has 83 valence electrons. The van der Waals surface area contributed by atoms with Crippen LogP contribution in [0.15, 0.2) is 24.3 Å². The SMILES string of the molecule is COCc1cccc(-c2[c]c(Cl)sc2Cl)c1. The summed E-state index contributed by atoms with van der Waals surface area (Å²) in [6.45, 7) is 0.587. The van der Waals surface area contributed by atoms with Crippen LogP contribution >= 0.6 is 34.5 Å². The van der Waals surface area contributed by atoms with Gasteiger partial charge in [-0.3, -0.25) is 0 Å². The lowest BCUT2D eigenvalue weighted by atomic mass is 10.1. The third-order valence-corrected chi connectivity index (χ3v) is 3.54. The molecule has 1 aromatic heterocycles. The quantitative estimate of drug-likeness (QED) is 0.789. The fraction of sp³-hybridized carbons (Fsp3) is 0.167. The molecule has 0 aliphatic heterocycles. The van der Waals surface area contributed by atoms with E-state index >= 15 is 0 Å². The van der Waals surface area contributed by atoms with Crippen LogP contribution in [-0.4, -0.2) is 7.11 Å². The molecule has 4 heteroatoms. The minimum atomic E-state index is 0.581. The predicted molar refractivity (Wildman–Crippen MR) is 69.3 cm³/mol. The third kappa shape index (κ3) is 2.58. The summed E-state index contributed by atoms with van der Waals surface area (Å²) in [5.41, 5.74) is 2.98. The molecule has 1 aromatic carbocycles. The molecule has 0 fully saturated rings. The van der Waals surface area contributed by atoms with Gasteiger partial charge in [-0.1, -0.05) is 41.4 Å². The van der Waals surface area contributed by atoms with Crippen LogP contribution < -0.4 is 0 Å². The average Bonchev–Trinajstić information content (AvgIpc) is 2.59. The van der Waals surface area contributed by atoms with E-state index in [1.807, 2.05) is 24.3 Å². The summed E-state index contributed by atoms with van der Waals surface area (Å²) < 4.78 is 6.33. The van der Waals surface area contributed by atoms with E-state index in [-0.39, 0.29) is 0 Å². The molecule has 0 amide bonds. The molecule has 0 N–H and O–H groups in total. The Morgan fingerprint density at radius 2 is 2.19 bits per heavy atom. The van der Waals surface area contributed by atoms with Crippen LogP contribution in [0, 0.1) is 6.07 Å². The molecule has 16 heavy (non-hydrogen) atoms. The van der Waals surface area contributed by atoms with Crippen molar-refractivity contribution in [2.24, 2.45) is 0 Å². The Balaban J connectivity index is 2.40. The van der Waals surface area contributed by atoms with Crippen LogP contribution in [0.2, 0.25) is 8.67 Å². The maximum absolute atomic E-state index is 6.08. The Morgan fingerprint density at radius 1 is 1.38 bits per heavy atom. The van der Waals surface area contributed by atoms with Crippen molar-refractivity contribution in [1.29, 1.82) is 0 Å². The van der Waals surface area contributed by atoms with Crippen molar-refractivity contribution in [2.75, 3.05) is 7.11 Å². The Hall–Kier alpha value is -0.540. The van der Waals surface area contributed by atoms with E-state index < -0.39 is 0 Å². The Morgan fingerprint density at radius 3 is 2.81 bits per heavy atom. The number of benzene rings is 1. The van der Waals surface area contributed by atoms with Gasteiger partial charge in [0.15, 0.2) is 0 Å². The number of hydrogen-bond donors (Lipinski definition) is 0. The van der Waals surface area contributed by atoms with Crippen molar-refractivity contribution in [3.63, 3.8) is 0 Å². The van der Waals surface area contributed by atoms with Crippen molar-refractivity contribution in [3.05, 3.63) is 44.6 Å². The minimum absolute atomic E-state index is 0.581. The van der Waals surface area contributed by atoms with Crippen molar-refractivity contribution in [2.45, 2.75) is 6.61 Å². The number of methoxy groups -OCH3 is 1. The van der Waals surface area contributed by atoms with Gasteiger partial charge in [-0.05, 0) is 17.2 Å². The Kier molecular flexibility index (Phi) is 3.87. The van der Waals surface area contributed by atoms with E-state index in [4.69, 9.17) is 27.9 Å². The maximum Gasteiger partial charge on any atom is 0.103 e. The third-order valence-electron chi connectivity index (χ3n) is 2.13. The van der Waals surface area contributed by atoms with E-state index in [0.717, 1.165) is 16.7 Å². The highest BCUT2D eigenvalue weighted by Gasteiger charge is 2.09. The molecular formula is C12H9Cl2OS. The molecule has 0 bridgehead atoms. The second kappa shape index (κ2) is 5.19. The highest BCUT2D eigenvalue weighted by Crippen LogP contribution is 2.37. The molecule has 2 aromatic rings.